The van der Waals surface area contributed by atoms with Crippen LogP contribution in [0, 0.1) is 5.92 Å². The summed E-state index contributed by atoms with van der Waals surface area (Å²) in [5.74, 6) is -0.142. The number of halogens is 1. The van der Waals surface area contributed by atoms with Gasteiger partial charge < -0.3 is 4.84 Å². The lowest BCUT2D eigenvalue weighted by Gasteiger charge is -2.07. The van der Waals surface area contributed by atoms with Gasteiger partial charge in [-0.15, -0.1) is 0 Å². The second-order valence-corrected chi connectivity index (χ2v) is 5.64. The fraction of sp³-hybridized carbons (Fsp3) is 0.333. The Kier molecular flexibility index (Phi) is 5.66. The van der Waals surface area contributed by atoms with Crippen molar-refractivity contribution in [3.05, 3.63) is 47.5 Å². The van der Waals surface area contributed by atoms with E-state index in [2.05, 4.69) is 15.2 Å². The zero-order valence-corrected chi connectivity index (χ0v) is 13.2. The maximum atomic E-state index is 11.7. The van der Waals surface area contributed by atoms with E-state index in [9.17, 15) is 4.79 Å². The van der Waals surface area contributed by atoms with Gasteiger partial charge in [-0.3, -0.25) is 0 Å². The molecule has 0 spiro atoms. The summed E-state index contributed by atoms with van der Waals surface area (Å²) in [5, 5.41) is 8.65. The van der Waals surface area contributed by atoms with Crippen molar-refractivity contribution in [1.29, 1.82) is 0 Å². The van der Waals surface area contributed by atoms with Crippen LogP contribution in [-0.2, 0) is 16.2 Å². The lowest BCUT2D eigenvalue weighted by molar-refractivity contribution is -0.144. The summed E-state index contributed by atoms with van der Waals surface area (Å²) in [5.41, 5.74) is 1.37. The molecule has 0 bridgehead atoms. The third kappa shape index (κ3) is 4.96. The van der Waals surface area contributed by atoms with Gasteiger partial charge in [-0.1, -0.05) is 42.7 Å². The Morgan fingerprint density at radius 1 is 1.36 bits per heavy atom. The van der Waals surface area contributed by atoms with Crippen LogP contribution >= 0.6 is 11.6 Å². The lowest BCUT2D eigenvalue weighted by Crippen LogP contribution is -2.14. The molecule has 0 N–H and O–H groups in total. The number of benzene rings is 1. The Labute approximate surface area is 133 Å². The normalized spacial score (nSPS) is 11.7. The molecular formula is C15H17ClN4O2. The fourth-order valence-electron chi connectivity index (χ4n) is 1.76. The quantitative estimate of drug-likeness (QED) is 0.466. The minimum Gasteiger partial charge on any atom is -0.318 e. The molecule has 1 aromatic heterocycles. The molecule has 0 amide bonds. The highest BCUT2D eigenvalue weighted by Gasteiger charge is 2.10. The molecule has 0 atom stereocenters. The maximum Gasteiger partial charge on any atom is 0.335 e. The van der Waals surface area contributed by atoms with Crippen LogP contribution in [0.3, 0.4) is 0 Å². The van der Waals surface area contributed by atoms with Gasteiger partial charge in [0.05, 0.1) is 13.0 Å². The van der Waals surface area contributed by atoms with Crippen LogP contribution in [0.5, 0.6) is 0 Å². The zero-order chi connectivity index (χ0) is 15.9. The molecule has 0 saturated carbocycles. The van der Waals surface area contributed by atoms with Gasteiger partial charge in [0.2, 0.25) is 0 Å². The molecule has 0 aliphatic rings. The summed E-state index contributed by atoms with van der Waals surface area (Å²) in [6.07, 6.45) is 3.33. The number of oxime groups is 1. The molecule has 0 unspecified atom stereocenters. The summed E-state index contributed by atoms with van der Waals surface area (Å²) < 4.78 is 1.60. The molecule has 0 aliphatic heterocycles. The number of hydrogen-bond acceptors (Lipinski definition) is 5. The number of rotatable bonds is 6. The molecule has 0 radical (unpaired) electrons. The summed E-state index contributed by atoms with van der Waals surface area (Å²) in [7, 11) is 0. The Morgan fingerprint density at radius 2 is 2.09 bits per heavy atom. The summed E-state index contributed by atoms with van der Waals surface area (Å²) >= 11 is 5.89. The van der Waals surface area contributed by atoms with Gasteiger partial charge in [0, 0.05) is 10.6 Å². The predicted molar refractivity (Wildman–Crippen MR) is 83.6 cm³/mol. The minimum absolute atomic E-state index is 0.219. The van der Waals surface area contributed by atoms with Crippen molar-refractivity contribution in [2.24, 2.45) is 11.1 Å². The van der Waals surface area contributed by atoms with Crippen molar-refractivity contribution in [3.63, 3.8) is 0 Å². The van der Waals surface area contributed by atoms with Crippen LogP contribution in [0.15, 0.2) is 42.1 Å². The third-order valence-electron chi connectivity index (χ3n) is 2.79. The van der Waals surface area contributed by atoms with E-state index >= 15 is 0 Å². The van der Waals surface area contributed by atoms with Gasteiger partial charge >= 0.3 is 5.97 Å². The molecular weight excluding hydrogens is 304 g/mol. The van der Waals surface area contributed by atoms with E-state index in [-0.39, 0.29) is 11.9 Å². The standard InChI is InChI=1S/C15H17ClN4O2/c1-11(2)7-15(21)22-19-14(8-20-10-17-9-18-20)12-3-5-13(16)6-4-12/h3-6,9-11H,7-8H2,1-2H3. The molecule has 0 fully saturated rings. The van der Waals surface area contributed by atoms with Crippen LogP contribution in [-0.4, -0.2) is 26.4 Å². The van der Waals surface area contributed by atoms with Crippen LogP contribution in [0.1, 0.15) is 25.8 Å². The van der Waals surface area contributed by atoms with Crippen molar-refractivity contribution >= 4 is 23.3 Å². The molecule has 2 rings (SSSR count). The molecule has 1 heterocycles. The molecule has 1 aromatic carbocycles. The van der Waals surface area contributed by atoms with Crippen molar-refractivity contribution < 1.29 is 9.63 Å². The number of hydrogen-bond donors (Lipinski definition) is 0. The van der Waals surface area contributed by atoms with E-state index < -0.39 is 0 Å². The number of carbonyl (C=O) groups excluding carboxylic acids is 1. The first-order chi connectivity index (χ1) is 10.5. The molecule has 116 valence electrons. The van der Waals surface area contributed by atoms with Crippen molar-refractivity contribution in [3.8, 4) is 0 Å². The van der Waals surface area contributed by atoms with Crippen LogP contribution in [0.2, 0.25) is 5.02 Å². The smallest absolute Gasteiger partial charge is 0.318 e. The molecule has 7 heteroatoms. The average Bonchev–Trinajstić information content (AvgIpc) is 2.96. The van der Waals surface area contributed by atoms with Gasteiger partial charge in [-0.05, 0) is 18.1 Å². The van der Waals surface area contributed by atoms with E-state index in [1.54, 1.807) is 23.1 Å². The first-order valence-electron chi connectivity index (χ1n) is 6.89. The molecule has 6 nitrogen and oxygen atoms in total. The van der Waals surface area contributed by atoms with Crippen LogP contribution in [0.4, 0.5) is 0 Å². The topological polar surface area (TPSA) is 69.4 Å². The Hall–Kier alpha value is -2.21. The molecule has 2 aromatic rings. The molecule has 22 heavy (non-hydrogen) atoms. The van der Waals surface area contributed by atoms with Crippen molar-refractivity contribution in [2.45, 2.75) is 26.8 Å². The molecule has 0 aliphatic carbocycles. The summed E-state index contributed by atoms with van der Waals surface area (Å²) in [6, 6.07) is 7.14. The van der Waals surface area contributed by atoms with Crippen LogP contribution in [0.25, 0.3) is 0 Å². The largest absolute Gasteiger partial charge is 0.335 e. The Balaban J connectivity index is 2.17. The highest BCUT2D eigenvalue weighted by Crippen LogP contribution is 2.12. The van der Waals surface area contributed by atoms with Gasteiger partial charge in [0.15, 0.2) is 0 Å². The van der Waals surface area contributed by atoms with Gasteiger partial charge in [-0.2, -0.15) is 5.10 Å². The van der Waals surface area contributed by atoms with Crippen LogP contribution < -0.4 is 0 Å². The van der Waals surface area contributed by atoms with Gasteiger partial charge in [0.25, 0.3) is 0 Å². The predicted octanol–water partition coefficient (Wildman–Crippen LogP) is 2.93. The third-order valence-corrected chi connectivity index (χ3v) is 3.04. The van der Waals surface area contributed by atoms with E-state index in [0.29, 0.717) is 23.7 Å². The fourth-order valence-corrected chi connectivity index (χ4v) is 1.89. The Morgan fingerprint density at radius 3 is 2.68 bits per heavy atom. The van der Waals surface area contributed by atoms with E-state index in [1.165, 1.54) is 6.33 Å². The highest BCUT2D eigenvalue weighted by molar-refractivity contribution is 6.30. The first-order valence-corrected chi connectivity index (χ1v) is 7.27. The summed E-state index contributed by atoms with van der Waals surface area (Å²) in [4.78, 5) is 20.5. The van der Waals surface area contributed by atoms with E-state index in [0.717, 1.165) is 5.56 Å². The zero-order valence-electron chi connectivity index (χ0n) is 12.4. The monoisotopic (exact) mass is 320 g/mol. The number of nitrogens with zero attached hydrogens (tertiary/aromatic N) is 4. The molecule has 0 saturated heterocycles. The van der Waals surface area contributed by atoms with Gasteiger partial charge in [0.1, 0.15) is 18.4 Å². The SMILES string of the molecule is CC(C)CC(=O)ON=C(Cn1cncn1)c1ccc(Cl)cc1. The lowest BCUT2D eigenvalue weighted by atomic mass is 10.1. The van der Waals surface area contributed by atoms with E-state index in [1.807, 2.05) is 26.0 Å². The second-order valence-electron chi connectivity index (χ2n) is 5.20. The average molecular weight is 321 g/mol. The minimum atomic E-state index is -0.361. The first kappa shape index (κ1) is 16.2. The van der Waals surface area contributed by atoms with Crippen molar-refractivity contribution in [1.82, 2.24) is 14.8 Å². The second kappa shape index (κ2) is 7.70. The Bertz CT molecular complexity index is 636. The van der Waals surface area contributed by atoms with E-state index in [4.69, 9.17) is 16.4 Å². The number of aromatic nitrogens is 3. The maximum absolute atomic E-state index is 11.7. The van der Waals surface area contributed by atoms with Crippen molar-refractivity contribution in [2.75, 3.05) is 0 Å². The summed E-state index contributed by atoms with van der Waals surface area (Å²) in [6.45, 7) is 4.23. The van der Waals surface area contributed by atoms with Gasteiger partial charge in [-0.25, -0.2) is 14.5 Å². The highest BCUT2D eigenvalue weighted by atomic mass is 35.5. The number of carbonyl (C=O) groups is 1.